The molecule has 2 unspecified atom stereocenters. The van der Waals surface area contributed by atoms with Crippen molar-refractivity contribution in [3.8, 4) is 0 Å². The molecule has 0 nitrogen and oxygen atoms in total. The van der Waals surface area contributed by atoms with Crippen molar-refractivity contribution in [1.82, 2.24) is 0 Å². The van der Waals surface area contributed by atoms with Crippen LogP contribution < -0.4 is 0 Å². The molecule has 0 N–H and O–H groups in total. The van der Waals surface area contributed by atoms with Crippen molar-refractivity contribution < 1.29 is 0 Å². The normalized spacial score (nSPS) is 33.8. The van der Waals surface area contributed by atoms with E-state index in [2.05, 4.69) is 26.0 Å². The third kappa shape index (κ3) is 1.26. The summed E-state index contributed by atoms with van der Waals surface area (Å²) < 4.78 is 0. The zero-order valence-electron chi connectivity index (χ0n) is 7.43. The first kappa shape index (κ1) is 7.15. The SMILES string of the molecule is CC(C)=CC1CC2=CCC1C2. The van der Waals surface area contributed by atoms with Crippen LogP contribution in [0.3, 0.4) is 0 Å². The van der Waals surface area contributed by atoms with E-state index < -0.39 is 0 Å². The van der Waals surface area contributed by atoms with Crippen LogP contribution in [0, 0.1) is 11.8 Å². The summed E-state index contributed by atoms with van der Waals surface area (Å²) in [7, 11) is 0. The number of hydrogen-bond acceptors (Lipinski definition) is 0. The monoisotopic (exact) mass is 148 g/mol. The minimum Gasteiger partial charge on any atom is -0.0850 e. The lowest BCUT2D eigenvalue weighted by atomic mass is 9.90. The van der Waals surface area contributed by atoms with Gasteiger partial charge in [0.05, 0.1) is 0 Å². The van der Waals surface area contributed by atoms with Gasteiger partial charge in [-0.25, -0.2) is 0 Å². The molecule has 0 heterocycles. The highest BCUT2D eigenvalue weighted by Crippen LogP contribution is 2.44. The molecule has 2 bridgehead atoms. The summed E-state index contributed by atoms with van der Waals surface area (Å²) in [6, 6.07) is 0. The van der Waals surface area contributed by atoms with Crippen molar-refractivity contribution in [2.45, 2.75) is 33.1 Å². The van der Waals surface area contributed by atoms with Crippen molar-refractivity contribution in [3.63, 3.8) is 0 Å². The predicted octanol–water partition coefficient (Wildman–Crippen LogP) is 3.31. The quantitative estimate of drug-likeness (QED) is 0.500. The van der Waals surface area contributed by atoms with E-state index in [4.69, 9.17) is 0 Å². The summed E-state index contributed by atoms with van der Waals surface area (Å²) in [6.07, 6.45) is 9.01. The molecule has 0 heteroatoms. The summed E-state index contributed by atoms with van der Waals surface area (Å²) >= 11 is 0. The molecule has 0 spiro atoms. The fourth-order valence-electron chi connectivity index (χ4n) is 2.41. The van der Waals surface area contributed by atoms with Gasteiger partial charge in [-0.05, 0) is 44.9 Å². The Balaban J connectivity index is 2.10. The van der Waals surface area contributed by atoms with Crippen molar-refractivity contribution in [3.05, 3.63) is 23.3 Å². The van der Waals surface area contributed by atoms with Gasteiger partial charge in [-0.3, -0.25) is 0 Å². The van der Waals surface area contributed by atoms with E-state index in [1.54, 1.807) is 5.57 Å². The fraction of sp³-hybridized carbons (Fsp3) is 0.636. The van der Waals surface area contributed by atoms with Gasteiger partial charge in [-0.1, -0.05) is 23.3 Å². The maximum absolute atomic E-state index is 2.46. The van der Waals surface area contributed by atoms with Crippen LogP contribution in [0.1, 0.15) is 33.1 Å². The molecule has 11 heavy (non-hydrogen) atoms. The van der Waals surface area contributed by atoms with E-state index in [-0.39, 0.29) is 0 Å². The van der Waals surface area contributed by atoms with E-state index in [1.807, 2.05) is 0 Å². The summed E-state index contributed by atoms with van der Waals surface area (Å²) in [5, 5.41) is 0. The Hall–Kier alpha value is -0.520. The summed E-state index contributed by atoms with van der Waals surface area (Å²) in [4.78, 5) is 0. The molecule has 2 atom stereocenters. The van der Waals surface area contributed by atoms with Crippen LogP contribution in [0.5, 0.6) is 0 Å². The van der Waals surface area contributed by atoms with Gasteiger partial charge < -0.3 is 0 Å². The maximum Gasteiger partial charge on any atom is -0.0159 e. The molecule has 1 saturated carbocycles. The third-order valence-electron chi connectivity index (χ3n) is 2.88. The lowest BCUT2D eigenvalue weighted by Crippen LogP contribution is -2.04. The molecule has 0 radical (unpaired) electrons. The van der Waals surface area contributed by atoms with Crippen LogP contribution in [-0.4, -0.2) is 0 Å². The molecule has 0 aliphatic heterocycles. The van der Waals surface area contributed by atoms with Crippen LogP contribution in [0.2, 0.25) is 0 Å². The average Bonchev–Trinajstić information content (AvgIpc) is 2.45. The highest BCUT2D eigenvalue weighted by molar-refractivity contribution is 5.22. The number of hydrogen-bond donors (Lipinski definition) is 0. The second kappa shape index (κ2) is 2.51. The molecule has 1 fully saturated rings. The zero-order valence-corrected chi connectivity index (χ0v) is 7.43. The highest BCUT2D eigenvalue weighted by Gasteiger charge is 2.32. The van der Waals surface area contributed by atoms with Crippen LogP contribution in [0.4, 0.5) is 0 Å². The zero-order chi connectivity index (χ0) is 7.84. The van der Waals surface area contributed by atoms with Gasteiger partial charge in [-0.2, -0.15) is 0 Å². The first-order valence-electron chi connectivity index (χ1n) is 4.58. The molecule has 0 aromatic rings. The van der Waals surface area contributed by atoms with E-state index in [0.717, 1.165) is 11.8 Å². The summed E-state index contributed by atoms with van der Waals surface area (Å²) in [5.74, 6) is 1.86. The standard InChI is InChI=1S/C11H16/c1-8(2)5-11-7-9-3-4-10(11)6-9/h3,5,10-11H,4,6-7H2,1-2H3. The van der Waals surface area contributed by atoms with Gasteiger partial charge in [0, 0.05) is 0 Å². The largest absolute Gasteiger partial charge is 0.0850 e. The Morgan fingerprint density at radius 3 is 2.73 bits per heavy atom. The minimum atomic E-state index is 0.889. The van der Waals surface area contributed by atoms with Crippen molar-refractivity contribution in [2.24, 2.45) is 11.8 Å². The molecule has 0 aromatic heterocycles. The molecule has 0 saturated heterocycles. The van der Waals surface area contributed by atoms with Crippen LogP contribution in [0.15, 0.2) is 23.3 Å². The molecule has 2 aliphatic carbocycles. The van der Waals surface area contributed by atoms with Crippen molar-refractivity contribution >= 4 is 0 Å². The first-order chi connectivity index (χ1) is 5.25. The Labute approximate surface area is 69.0 Å². The average molecular weight is 148 g/mol. The lowest BCUT2D eigenvalue weighted by molar-refractivity contribution is 0.465. The molecule has 60 valence electrons. The van der Waals surface area contributed by atoms with E-state index >= 15 is 0 Å². The van der Waals surface area contributed by atoms with Gasteiger partial charge in [0.15, 0.2) is 0 Å². The van der Waals surface area contributed by atoms with Gasteiger partial charge >= 0.3 is 0 Å². The minimum absolute atomic E-state index is 0.889. The van der Waals surface area contributed by atoms with Gasteiger partial charge in [0.2, 0.25) is 0 Å². The molecule has 0 aromatic carbocycles. The molecule has 0 amide bonds. The molecular weight excluding hydrogens is 132 g/mol. The van der Waals surface area contributed by atoms with E-state index in [1.165, 1.54) is 24.8 Å². The second-order valence-electron chi connectivity index (χ2n) is 4.17. The molecule has 2 aliphatic rings. The third-order valence-corrected chi connectivity index (χ3v) is 2.88. The first-order valence-corrected chi connectivity index (χ1v) is 4.58. The van der Waals surface area contributed by atoms with Gasteiger partial charge in [-0.15, -0.1) is 0 Å². The fourth-order valence-corrected chi connectivity index (χ4v) is 2.41. The Morgan fingerprint density at radius 2 is 2.27 bits per heavy atom. The van der Waals surface area contributed by atoms with Gasteiger partial charge in [0.1, 0.15) is 0 Å². The second-order valence-corrected chi connectivity index (χ2v) is 4.17. The predicted molar refractivity (Wildman–Crippen MR) is 48.3 cm³/mol. The smallest absolute Gasteiger partial charge is 0.0159 e. The van der Waals surface area contributed by atoms with Crippen molar-refractivity contribution in [1.29, 1.82) is 0 Å². The maximum atomic E-state index is 2.46. The van der Waals surface area contributed by atoms with Gasteiger partial charge in [0.25, 0.3) is 0 Å². The van der Waals surface area contributed by atoms with Crippen LogP contribution >= 0.6 is 0 Å². The molecule has 2 rings (SSSR count). The van der Waals surface area contributed by atoms with E-state index in [9.17, 15) is 0 Å². The number of rotatable bonds is 1. The van der Waals surface area contributed by atoms with Crippen molar-refractivity contribution in [2.75, 3.05) is 0 Å². The summed E-state index contributed by atoms with van der Waals surface area (Å²) in [6.45, 7) is 4.42. The van der Waals surface area contributed by atoms with Crippen LogP contribution in [0.25, 0.3) is 0 Å². The summed E-state index contributed by atoms with van der Waals surface area (Å²) in [5.41, 5.74) is 3.21. The van der Waals surface area contributed by atoms with Crippen LogP contribution in [-0.2, 0) is 0 Å². The topological polar surface area (TPSA) is 0 Å². The Bertz CT molecular complexity index is 216. The molecular formula is C11H16. The lowest BCUT2D eigenvalue weighted by Gasteiger charge is -2.14. The highest BCUT2D eigenvalue weighted by atomic mass is 14.4. The Morgan fingerprint density at radius 1 is 1.45 bits per heavy atom. The van der Waals surface area contributed by atoms with E-state index in [0.29, 0.717) is 0 Å². The number of allylic oxidation sites excluding steroid dienone is 4. The Kier molecular flexibility index (Phi) is 1.63. The number of fused-ring (bicyclic) bond motifs is 2.